The minimum Gasteiger partial charge on any atom is -0.423 e. The Balaban J connectivity index is 1.67. The van der Waals surface area contributed by atoms with Crippen molar-refractivity contribution in [1.29, 1.82) is 0 Å². The summed E-state index contributed by atoms with van der Waals surface area (Å²) in [6.45, 7) is 1.04. The average Bonchev–Trinajstić information content (AvgIpc) is 3.10. The van der Waals surface area contributed by atoms with Crippen LogP contribution in [0.15, 0.2) is 35.1 Å². The summed E-state index contributed by atoms with van der Waals surface area (Å²) < 4.78 is 5.20. The highest BCUT2D eigenvalue weighted by Crippen LogP contribution is 2.25. The summed E-state index contributed by atoms with van der Waals surface area (Å²) in [7, 11) is 0. The van der Waals surface area contributed by atoms with Crippen molar-refractivity contribution in [2.75, 3.05) is 23.4 Å². The Bertz CT molecular complexity index is 495. The van der Waals surface area contributed by atoms with E-state index in [1.807, 2.05) is 23.9 Å². The molecule has 1 fully saturated rings. The van der Waals surface area contributed by atoms with Gasteiger partial charge in [-0.1, -0.05) is 6.07 Å². The predicted molar refractivity (Wildman–Crippen MR) is 73.7 cm³/mol. The summed E-state index contributed by atoms with van der Waals surface area (Å²) in [5.41, 5.74) is 2.07. The molecule has 5 heteroatoms. The van der Waals surface area contributed by atoms with Gasteiger partial charge in [0.05, 0.1) is 0 Å². The maximum atomic E-state index is 5.20. The molecule has 94 valence electrons. The minimum atomic E-state index is 0.565. The van der Waals surface area contributed by atoms with Crippen LogP contribution in [0, 0.1) is 5.92 Å². The monoisotopic (exact) mass is 261 g/mol. The summed E-state index contributed by atoms with van der Waals surface area (Å²) >= 11 is 2.05. The van der Waals surface area contributed by atoms with E-state index in [9.17, 15) is 0 Å². The van der Waals surface area contributed by atoms with E-state index in [0.29, 0.717) is 5.89 Å². The molecule has 0 radical (unpaired) electrons. The van der Waals surface area contributed by atoms with Crippen molar-refractivity contribution < 1.29 is 4.42 Å². The van der Waals surface area contributed by atoms with E-state index < -0.39 is 0 Å². The number of aromatic nitrogens is 2. The third-order valence-corrected chi connectivity index (χ3v) is 4.32. The van der Waals surface area contributed by atoms with Crippen molar-refractivity contribution in [2.24, 2.45) is 5.92 Å². The number of hydrogen-bond donors (Lipinski definition) is 1. The first kappa shape index (κ1) is 11.6. The molecule has 0 aliphatic carbocycles. The Kier molecular flexibility index (Phi) is 3.50. The zero-order valence-electron chi connectivity index (χ0n) is 10.0. The second-order valence-corrected chi connectivity index (χ2v) is 5.59. The first-order chi connectivity index (χ1) is 8.92. The van der Waals surface area contributed by atoms with Crippen LogP contribution in [-0.4, -0.2) is 28.2 Å². The number of anilines is 1. The van der Waals surface area contributed by atoms with Gasteiger partial charge in [-0.05, 0) is 42.0 Å². The highest BCUT2D eigenvalue weighted by atomic mass is 32.2. The SMILES string of the molecule is c1cc(NCC2CCSC2)cc(-c2nnco2)c1. The molecular weight excluding hydrogens is 246 g/mol. The molecule has 1 atom stereocenters. The van der Waals surface area contributed by atoms with Gasteiger partial charge in [0.2, 0.25) is 12.3 Å². The minimum absolute atomic E-state index is 0.565. The fourth-order valence-electron chi connectivity index (χ4n) is 2.07. The van der Waals surface area contributed by atoms with Gasteiger partial charge in [0.15, 0.2) is 0 Å². The summed E-state index contributed by atoms with van der Waals surface area (Å²) in [5, 5.41) is 11.1. The quantitative estimate of drug-likeness (QED) is 0.917. The number of benzene rings is 1. The fraction of sp³-hybridized carbons (Fsp3) is 0.385. The van der Waals surface area contributed by atoms with E-state index >= 15 is 0 Å². The molecule has 1 unspecified atom stereocenters. The summed E-state index contributed by atoms with van der Waals surface area (Å²) in [6, 6.07) is 8.10. The maximum absolute atomic E-state index is 5.20. The molecule has 1 aromatic carbocycles. The first-order valence-electron chi connectivity index (χ1n) is 6.10. The molecule has 4 nitrogen and oxygen atoms in total. The zero-order valence-corrected chi connectivity index (χ0v) is 10.8. The van der Waals surface area contributed by atoms with Gasteiger partial charge in [-0.15, -0.1) is 10.2 Å². The van der Waals surface area contributed by atoms with Crippen LogP contribution < -0.4 is 5.32 Å². The van der Waals surface area contributed by atoms with Gasteiger partial charge in [-0.2, -0.15) is 11.8 Å². The standard InChI is InChI=1S/C13H15N3OS/c1-2-11(13-16-15-9-17-13)6-12(3-1)14-7-10-4-5-18-8-10/h1-3,6,9-10,14H,4-5,7-8H2. The Morgan fingerprint density at radius 2 is 2.44 bits per heavy atom. The summed E-state index contributed by atoms with van der Waals surface area (Å²) in [4.78, 5) is 0. The number of hydrogen-bond acceptors (Lipinski definition) is 5. The van der Waals surface area contributed by atoms with Gasteiger partial charge in [0, 0.05) is 17.8 Å². The third kappa shape index (κ3) is 2.67. The van der Waals surface area contributed by atoms with Crippen molar-refractivity contribution in [3.05, 3.63) is 30.7 Å². The van der Waals surface area contributed by atoms with Gasteiger partial charge >= 0.3 is 0 Å². The van der Waals surface area contributed by atoms with E-state index in [1.54, 1.807) is 0 Å². The number of nitrogens with zero attached hydrogens (tertiary/aromatic N) is 2. The van der Waals surface area contributed by atoms with Crippen LogP contribution in [0.1, 0.15) is 6.42 Å². The molecule has 1 saturated heterocycles. The number of rotatable bonds is 4. The van der Waals surface area contributed by atoms with Gasteiger partial charge in [0.1, 0.15) is 0 Å². The van der Waals surface area contributed by atoms with Crippen LogP contribution in [0.5, 0.6) is 0 Å². The maximum Gasteiger partial charge on any atom is 0.247 e. The smallest absolute Gasteiger partial charge is 0.247 e. The Hall–Kier alpha value is -1.49. The lowest BCUT2D eigenvalue weighted by atomic mass is 10.1. The number of thioether (sulfide) groups is 1. The summed E-state index contributed by atoms with van der Waals surface area (Å²) in [6.07, 6.45) is 2.67. The van der Waals surface area contributed by atoms with Crippen molar-refractivity contribution in [1.82, 2.24) is 10.2 Å². The molecule has 1 N–H and O–H groups in total. The van der Waals surface area contributed by atoms with Gasteiger partial charge in [-0.3, -0.25) is 0 Å². The van der Waals surface area contributed by atoms with E-state index in [-0.39, 0.29) is 0 Å². The Labute approximate surface area is 110 Å². The van der Waals surface area contributed by atoms with Gasteiger partial charge < -0.3 is 9.73 Å². The average molecular weight is 261 g/mol. The molecule has 0 bridgehead atoms. The molecule has 0 saturated carbocycles. The highest BCUT2D eigenvalue weighted by molar-refractivity contribution is 7.99. The Morgan fingerprint density at radius 3 is 3.22 bits per heavy atom. The Morgan fingerprint density at radius 1 is 1.44 bits per heavy atom. The molecule has 3 rings (SSSR count). The second-order valence-electron chi connectivity index (χ2n) is 4.44. The lowest BCUT2D eigenvalue weighted by Gasteiger charge is -2.11. The lowest BCUT2D eigenvalue weighted by molar-refractivity contribution is 0.568. The van der Waals surface area contributed by atoms with Crippen molar-refractivity contribution >= 4 is 17.4 Å². The van der Waals surface area contributed by atoms with E-state index in [0.717, 1.165) is 23.7 Å². The lowest BCUT2D eigenvalue weighted by Crippen LogP contribution is -2.13. The van der Waals surface area contributed by atoms with Crippen LogP contribution in [0.4, 0.5) is 5.69 Å². The van der Waals surface area contributed by atoms with E-state index in [4.69, 9.17) is 4.42 Å². The van der Waals surface area contributed by atoms with Crippen molar-refractivity contribution in [2.45, 2.75) is 6.42 Å². The topological polar surface area (TPSA) is 51.0 Å². The summed E-state index contributed by atoms with van der Waals surface area (Å²) in [5.74, 6) is 3.93. The van der Waals surface area contributed by atoms with Crippen LogP contribution >= 0.6 is 11.8 Å². The van der Waals surface area contributed by atoms with Crippen LogP contribution in [0.2, 0.25) is 0 Å². The van der Waals surface area contributed by atoms with Gasteiger partial charge in [-0.25, -0.2) is 0 Å². The van der Waals surface area contributed by atoms with Gasteiger partial charge in [0.25, 0.3) is 0 Å². The highest BCUT2D eigenvalue weighted by Gasteiger charge is 2.14. The zero-order chi connectivity index (χ0) is 12.2. The normalized spacial score (nSPS) is 19.0. The van der Waals surface area contributed by atoms with E-state index in [2.05, 4.69) is 27.6 Å². The molecule has 1 aliphatic heterocycles. The van der Waals surface area contributed by atoms with Crippen LogP contribution in [0.3, 0.4) is 0 Å². The molecule has 0 spiro atoms. The van der Waals surface area contributed by atoms with Crippen LogP contribution in [-0.2, 0) is 0 Å². The molecule has 2 heterocycles. The molecule has 2 aromatic rings. The molecule has 0 amide bonds. The van der Waals surface area contributed by atoms with Crippen molar-refractivity contribution in [3.8, 4) is 11.5 Å². The molecule has 1 aliphatic rings. The van der Waals surface area contributed by atoms with Crippen LogP contribution in [0.25, 0.3) is 11.5 Å². The second kappa shape index (κ2) is 5.44. The van der Waals surface area contributed by atoms with E-state index in [1.165, 1.54) is 24.3 Å². The number of nitrogens with one attached hydrogen (secondary N) is 1. The first-order valence-corrected chi connectivity index (χ1v) is 7.25. The molecule has 18 heavy (non-hydrogen) atoms. The third-order valence-electron chi connectivity index (χ3n) is 3.09. The predicted octanol–water partition coefficient (Wildman–Crippen LogP) is 2.90. The molecule has 1 aromatic heterocycles. The fourth-order valence-corrected chi connectivity index (χ4v) is 3.35. The molecular formula is C13H15N3OS. The largest absolute Gasteiger partial charge is 0.423 e. The van der Waals surface area contributed by atoms with Crippen molar-refractivity contribution in [3.63, 3.8) is 0 Å².